The molecule has 206 valence electrons. The first-order valence-electron chi connectivity index (χ1n) is 13.1. The van der Waals surface area contributed by atoms with Crippen molar-refractivity contribution in [3.8, 4) is 11.8 Å². The SMILES string of the molecule is C=C(I)C(C)C[C@H]1C(=O)N(Cc2ccco2)C[C@H]2N1C(=O)CN(CC#CCC)N2C(=O)NCc1ccccc1. The Morgan fingerprint density at radius 2 is 1.97 bits per heavy atom. The van der Waals surface area contributed by atoms with Gasteiger partial charge in [0.25, 0.3) is 0 Å². The Bertz CT molecular complexity index is 1240. The number of allylic oxidation sites excluding steroid dienone is 1. The Kier molecular flexibility index (Phi) is 9.69. The first kappa shape index (κ1) is 28.7. The van der Waals surface area contributed by atoms with E-state index in [1.807, 2.05) is 50.2 Å². The topological polar surface area (TPSA) is 89.3 Å². The van der Waals surface area contributed by atoms with Gasteiger partial charge in [0.1, 0.15) is 18.0 Å². The van der Waals surface area contributed by atoms with Gasteiger partial charge in [0.15, 0.2) is 0 Å². The normalized spacial score (nSPS) is 20.2. The Morgan fingerprint density at radius 3 is 2.64 bits per heavy atom. The molecular formula is C29H34IN5O4. The second-order valence-electron chi connectivity index (χ2n) is 9.70. The minimum atomic E-state index is -0.735. The lowest BCUT2D eigenvalue weighted by atomic mass is 9.96. The van der Waals surface area contributed by atoms with Gasteiger partial charge >= 0.3 is 6.03 Å². The fourth-order valence-corrected chi connectivity index (χ4v) is 5.14. The number of hydrogen-bond donors (Lipinski definition) is 1. The van der Waals surface area contributed by atoms with Crippen LogP contribution in [-0.2, 0) is 22.7 Å². The zero-order chi connectivity index (χ0) is 27.9. The van der Waals surface area contributed by atoms with Crippen LogP contribution in [0.1, 0.15) is 38.0 Å². The van der Waals surface area contributed by atoms with Crippen LogP contribution in [-0.4, -0.2) is 69.5 Å². The van der Waals surface area contributed by atoms with Crippen LogP contribution in [0.4, 0.5) is 4.79 Å². The van der Waals surface area contributed by atoms with E-state index in [0.717, 1.165) is 9.14 Å². The number of carbonyl (C=O) groups is 3. The Hall–Kier alpha value is -3.30. The van der Waals surface area contributed by atoms with Crippen molar-refractivity contribution in [2.75, 3.05) is 19.6 Å². The molecular weight excluding hydrogens is 609 g/mol. The van der Waals surface area contributed by atoms with Gasteiger partial charge < -0.3 is 19.5 Å². The van der Waals surface area contributed by atoms with Crippen molar-refractivity contribution in [2.24, 2.45) is 5.92 Å². The maximum absolute atomic E-state index is 13.8. The number of fused-ring (bicyclic) bond motifs is 1. The first-order valence-corrected chi connectivity index (χ1v) is 14.2. The highest BCUT2D eigenvalue weighted by Crippen LogP contribution is 2.32. The summed E-state index contributed by atoms with van der Waals surface area (Å²) >= 11 is 2.17. The molecule has 1 aromatic carbocycles. The van der Waals surface area contributed by atoms with Gasteiger partial charge in [0.05, 0.1) is 32.4 Å². The molecule has 2 aromatic rings. The number of nitrogens with zero attached hydrogens (tertiary/aromatic N) is 4. The summed E-state index contributed by atoms with van der Waals surface area (Å²) < 4.78 is 6.43. The summed E-state index contributed by atoms with van der Waals surface area (Å²) in [5.41, 5.74) is 0.957. The van der Waals surface area contributed by atoms with E-state index < -0.39 is 12.2 Å². The average Bonchev–Trinajstić information content (AvgIpc) is 3.43. The van der Waals surface area contributed by atoms with Crippen molar-refractivity contribution >= 4 is 40.4 Å². The molecule has 0 aliphatic carbocycles. The number of amides is 4. The zero-order valence-electron chi connectivity index (χ0n) is 22.3. The van der Waals surface area contributed by atoms with Crippen LogP contribution in [0, 0.1) is 17.8 Å². The molecule has 1 aromatic heterocycles. The van der Waals surface area contributed by atoms with Crippen LogP contribution >= 0.6 is 22.6 Å². The third-order valence-electron chi connectivity index (χ3n) is 6.93. The quantitative estimate of drug-likeness (QED) is 0.348. The number of urea groups is 1. The van der Waals surface area contributed by atoms with E-state index in [1.165, 1.54) is 0 Å². The molecule has 1 unspecified atom stereocenters. The number of rotatable bonds is 8. The Balaban J connectivity index is 1.68. The fourth-order valence-electron chi connectivity index (χ4n) is 4.88. The van der Waals surface area contributed by atoms with Crippen LogP contribution in [0.15, 0.2) is 63.3 Å². The summed E-state index contributed by atoms with van der Waals surface area (Å²) in [7, 11) is 0. The molecule has 1 N–H and O–H groups in total. The molecule has 10 heteroatoms. The number of furan rings is 1. The number of halogens is 1. The highest BCUT2D eigenvalue weighted by Gasteiger charge is 2.51. The minimum Gasteiger partial charge on any atom is -0.467 e. The summed E-state index contributed by atoms with van der Waals surface area (Å²) in [6, 6.07) is 12.1. The highest BCUT2D eigenvalue weighted by molar-refractivity contribution is 14.1. The van der Waals surface area contributed by atoms with Gasteiger partial charge in [-0.05, 0) is 56.2 Å². The second-order valence-corrected chi connectivity index (χ2v) is 11.1. The summed E-state index contributed by atoms with van der Waals surface area (Å²) in [4.78, 5) is 44.5. The molecule has 2 saturated heterocycles. The number of hydrazine groups is 1. The molecule has 2 aliphatic heterocycles. The predicted molar refractivity (Wildman–Crippen MR) is 156 cm³/mol. The highest BCUT2D eigenvalue weighted by atomic mass is 127. The van der Waals surface area contributed by atoms with Gasteiger partial charge in [0.2, 0.25) is 11.8 Å². The number of hydrogen-bond acceptors (Lipinski definition) is 5. The molecule has 3 atom stereocenters. The molecule has 0 radical (unpaired) electrons. The lowest BCUT2D eigenvalue weighted by Gasteiger charge is -2.55. The van der Waals surface area contributed by atoms with Crippen molar-refractivity contribution in [2.45, 2.75) is 52.0 Å². The molecule has 4 rings (SSSR count). The molecule has 0 spiro atoms. The first-order chi connectivity index (χ1) is 18.8. The van der Waals surface area contributed by atoms with E-state index in [0.29, 0.717) is 25.1 Å². The van der Waals surface area contributed by atoms with Gasteiger partial charge in [0, 0.05) is 13.0 Å². The fraction of sp³-hybridized carbons (Fsp3) is 0.414. The zero-order valence-corrected chi connectivity index (χ0v) is 24.5. The van der Waals surface area contributed by atoms with Crippen LogP contribution in [0.2, 0.25) is 0 Å². The van der Waals surface area contributed by atoms with Gasteiger partial charge in [-0.15, -0.1) is 5.92 Å². The van der Waals surface area contributed by atoms with Gasteiger partial charge in [-0.2, -0.15) is 5.01 Å². The van der Waals surface area contributed by atoms with Crippen molar-refractivity contribution in [1.29, 1.82) is 0 Å². The summed E-state index contributed by atoms with van der Waals surface area (Å²) in [6.45, 7) is 8.89. The molecule has 9 nitrogen and oxygen atoms in total. The summed E-state index contributed by atoms with van der Waals surface area (Å²) in [5, 5.41) is 6.27. The average molecular weight is 644 g/mol. The molecule has 3 heterocycles. The summed E-state index contributed by atoms with van der Waals surface area (Å²) in [5.74, 6) is 6.36. The van der Waals surface area contributed by atoms with E-state index in [1.54, 1.807) is 32.1 Å². The third-order valence-corrected chi connectivity index (χ3v) is 7.99. The van der Waals surface area contributed by atoms with Gasteiger partial charge in [-0.3, -0.25) is 9.59 Å². The van der Waals surface area contributed by atoms with Crippen LogP contribution < -0.4 is 5.32 Å². The predicted octanol–water partition coefficient (Wildman–Crippen LogP) is 3.98. The molecule has 39 heavy (non-hydrogen) atoms. The van der Waals surface area contributed by atoms with Crippen LogP contribution in [0.5, 0.6) is 0 Å². The molecule has 4 amide bonds. The lowest BCUT2D eigenvalue weighted by Crippen LogP contribution is -2.76. The van der Waals surface area contributed by atoms with Crippen LogP contribution in [0.3, 0.4) is 0 Å². The maximum atomic E-state index is 13.8. The van der Waals surface area contributed by atoms with Crippen molar-refractivity contribution < 1.29 is 18.8 Å². The number of benzene rings is 1. The van der Waals surface area contributed by atoms with Crippen molar-refractivity contribution in [3.05, 3.63) is 70.2 Å². The van der Waals surface area contributed by atoms with E-state index >= 15 is 0 Å². The largest absolute Gasteiger partial charge is 0.467 e. The van der Waals surface area contributed by atoms with E-state index in [-0.39, 0.29) is 49.9 Å². The second kappa shape index (κ2) is 13.2. The van der Waals surface area contributed by atoms with Gasteiger partial charge in [-0.25, -0.2) is 9.80 Å². The summed E-state index contributed by atoms with van der Waals surface area (Å²) in [6.07, 6.45) is 1.95. The number of piperazine rings is 1. The molecule has 0 saturated carbocycles. The molecule has 2 aliphatic rings. The lowest BCUT2D eigenvalue weighted by molar-refractivity contribution is -0.190. The van der Waals surface area contributed by atoms with E-state index in [9.17, 15) is 14.4 Å². The third kappa shape index (κ3) is 6.83. The van der Waals surface area contributed by atoms with Crippen molar-refractivity contribution in [3.63, 3.8) is 0 Å². The van der Waals surface area contributed by atoms with E-state index in [2.05, 4.69) is 46.3 Å². The minimum absolute atomic E-state index is 0.00892. The van der Waals surface area contributed by atoms with E-state index in [4.69, 9.17) is 4.42 Å². The monoisotopic (exact) mass is 643 g/mol. The van der Waals surface area contributed by atoms with Gasteiger partial charge in [-0.1, -0.05) is 56.7 Å². The Labute approximate surface area is 243 Å². The van der Waals surface area contributed by atoms with Crippen molar-refractivity contribution in [1.82, 2.24) is 25.1 Å². The van der Waals surface area contributed by atoms with Crippen LogP contribution in [0.25, 0.3) is 0 Å². The Morgan fingerprint density at radius 1 is 1.21 bits per heavy atom. The number of carbonyl (C=O) groups excluding carboxylic acids is 3. The standard InChI is InChI=1S/C29H34IN5O4/c1-4-5-9-14-33-20-27(36)34-25(16-21(2)22(3)30)28(37)32(18-24-13-10-15-39-24)19-26(34)35(33)29(38)31-17-23-11-7-6-8-12-23/h6-8,10-13,15,21,25-26H,3-4,14,16-20H2,1-2H3,(H,31,38)/t21?,25-,26-/m0/s1. The molecule has 2 fully saturated rings. The smallest absolute Gasteiger partial charge is 0.334 e. The number of nitrogens with one attached hydrogen (secondary N) is 1. The maximum Gasteiger partial charge on any atom is 0.334 e. The molecule has 0 bridgehead atoms.